The molecule has 2 aromatic carbocycles. The van der Waals surface area contributed by atoms with E-state index in [1.54, 1.807) is 12.1 Å². The second-order valence-corrected chi connectivity index (χ2v) is 9.63. The summed E-state index contributed by atoms with van der Waals surface area (Å²) in [7, 11) is -3.56. The van der Waals surface area contributed by atoms with Gasteiger partial charge in [-0.3, -0.25) is 9.59 Å². The van der Waals surface area contributed by atoms with Crippen molar-refractivity contribution >= 4 is 50.7 Å². The molecule has 10 heteroatoms. The first-order valence-corrected chi connectivity index (χ1v) is 11.6. The summed E-state index contributed by atoms with van der Waals surface area (Å²) in [5, 5.41) is 5.79. The number of rotatable bonds is 6. The van der Waals surface area contributed by atoms with Gasteiger partial charge in [0.05, 0.1) is 22.2 Å². The number of carbonyl (C=O) groups excluding carboxylic acids is 2. The SMILES string of the molecule is O=C(CNC(=O)c1ccc(S(=O)(=O)N2CCCCC2)cc1)Nc1cc(Cl)ccc1Cl. The van der Waals surface area contributed by atoms with Crippen molar-refractivity contribution in [1.29, 1.82) is 0 Å². The molecular formula is C20H21Cl2N3O4S. The second-order valence-electron chi connectivity index (χ2n) is 6.84. The van der Waals surface area contributed by atoms with Crippen LogP contribution in [0.15, 0.2) is 47.4 Å². The Morgan fingerprint density at radius 1 is 0.967 bits per heavy atom. The number of halogens is 2. The third-order valence-corrected chi connectivity index (χ3v) is 7.16. The van der Waals surface area contributed by atoms with Crippen molar-refractivity contribution in [1.82, 2.24) is 9.62 Å². The predicted octanol–water partition coefficient (Wildman–Crippen LogP) is 3.54. The summed E-state index contributed by atoms with van der Waals surface area (Å²) in [6.45, 7) is 0.738. The van der Waals surface area contributed by atoms with Crippen LogP contribution in [0.4, 0.5) is 5.69 Å². The summed E-state index contributed by atoms with van der Waals surface area (Å²) in [6.07, 6.45) is 2.73. The molecule has 0 atom stereocenters. The van der Waals surface area contributed by atoms with E-state index in [0.717, 1.165) is 19.3 Å². The van der Waals surface area contributed by atoms with Crippen molar-refractivity contribution in [3.63, 3.8) is 0 Å². The molecule has 0 aliphatic carbocycles. The highest BCUT2D eigenvalue weighted by Gasteiger charge is 2.26. The topological polar surface area (TPSA) is 95.6 Å². The Hall–Kier alpha value is -2.13. The van der Waals surface area contributed by atoms with Crippen molar-refractivity contribution in [2.45, 2.75) is 24.2 Å². The van der Waals surface area contributed by atoms with Gasteiger partial charge in [0.1, 0.15) is 0 Å². The van der Waals surface area contributed by atoms with Gasteiger partial charge >= 0.3 is 0 Å². The molecule has 1 aliphatic rings. The molecule has 1 saturated heterocycles. The van der Waals surface area contributed by atoms with E-state index < -0.39 is 21.8 Å². The molecule has 160 valence electrons. The Morgan fingerprint density at radius 3 is 2.30 bits per heavy atom. The molecule has 1 aliphatic heterocycles. The number of benzene rings is 2. The number of piperidine rings is 1. The number of hydrogen-bond acceptors (Lipinski definition) is 4. The van der Waals surface area contributed by atoms with E-state index >= 15 is 0 Å². The van der Waals surface area contributed by atoms with Crippen LogP contribution >= 0.6 is 23.2 Å². The van der Waals surface area contributed by atoms with Gasteiger partial charge in [-0.05, 0) is 55.3 Å². The number of amides is 2. The second kappa shape index (κ2) is 9.78. The van der Waals surface area contributed by atoms with Gasteiger partial charge in [-0.1, -0.05) is 29.6 Å². The van der Waals surface area contributed by atoms with Crippen molar-refractivity contribution in [3.8, 4) is 0 Å². The number of nitrogens with one attached hydrogen (secondary N) is 2. The summed E-state index contributed by atoms with van der Waals surface area (Å²) >= 11 is 11.9. The highest BCUT2D eigenvalue weighted by atomic mass is 35.5. The van der Waals surface area contributed by atoms with E-state index in [1.165, 1.54) is 34.6 Å². The quantitative estimate of drug-likeness (QED) is 0.675. The lowest BCUT2D eigenvalue weighted by Gasteiger charge is -2.25. The largest absolute Gasteiger partial charge is 0.343 e. The van der Waals surface area contributed by atoms with Gasteiger partial charge in [-0.15, -0.1) is 0 Å². The number of hydrogen-bond donors (Lipinski definition) is 2. The van der Waals surface area contributed by atoms with Crippen molar-refractivity contribution in [2.24, 2.45) is 0 Å². The summed E-state index contributed by atoms with van der Waals surface area (Å²) in [4.78, 5) is 24.5. The first-order valence-electron chi connectivity index (χ1n) is 9.41. The maximum absolute atomic E-state index is 12.7. The zero-order valence-electron chi connectivity index (χ0n) is 16.0. The maximum atomic E-state index is 12.7. The Balaban J connectivity index is 1.58. The van der Waals surface area contributed by atoms with Crippen molar-refractivity contribution < 1.29 is 18.0 Å². The molecule has 2 aromatic rings. The molecule has 0 spiro atoms. The van der Waals surface area contributed by atoms with Crippen LogP contribution in [0.1, 0.15) is 29.6 Å². The molecule has 0 radical (unpaired) electrons. The summed E-state index contributed by atoms with van der Waals surface area (Å²) in [5.74, 6) is -0.971. The molecule has 0 bridgehead atoms. The highest BCUT2D eigenvalue weighted by Crippen LogP contribution is 2.25. The lowest BCUT2D eigenvalue weighted by molar-refractivity contribution is -0.115. The monoisotopic (exact) mass is 469 g/mol. The molecule has 0 unspecified atom stereocenters. The third kappa shape index (κ3) is 5.51. The van der Waals surface area contributed by atoms with Crippen LogP contribution in [0.5, 0.6) is 0 Å². The Morgan fingerprint density at radius 2 is 1.63 bits per heavy atom. The van der Waals surface area contributed by atoms with Gasteiger partial charge in [-0.2, -0.15) is 4.31 Å². The standard InChI is InChI=1S/C20H21Cl2N3O4S/c21-15-6-9-17(22)18(12-15)24-19(26)13-23-20(27)14-4-7-16(8-5-14)30(28,29)25-10-2-1-3-11-25/h4-9,12H,1-3,10-11,13H2,(H,23,27)(H,24,26). The predicted molar refractivity (Wildman–Crippen MR) is 116 cm³/mol. The molecule has 2 amide bonds. The molecule has 1 fully saturated rings. The van der Waals surface area contributed by atoms with Gasteiger partial charge < -0.3 is 10.6 Å². The zero-order chi connectivity index (χ0) is 21.7. The van der Waals surface area contributed by atoms with E-state index in [-0.39, 0.29) is 17.0 Å². The molecule has 7 nitrogen and oxygen atoms in total. The van der Waals surface area contributed by atoms with Crippen LogP contribution in [-0.2, 0) is 14.8 Å². The fourth-order valence-electron chi connectivity index (χ4n) is 3.08. The van der Waals surface area contributed by atoms with Crippen LogP contribution in [0.25, 0.3) is 0 Å². The minimum atomic E-state index is -3.56. The number of sulfonamides is 1. The molecule has 2 N–H and O–H groups in total. The van der Waals surface area contributed by atoms with Gasteiger partial charge in [-0.25, -0.2) is 8.42 Å². The van der Waals surface area contributed by atoms with Gasteiger partial charge in [0.25, 0.3) is 5.91 Å². The van der Waals surface area contributed by atoms with E-state index in [9.17, 15) is 18.0 Å². The average molecular weight is 470 g/mol. The molecular weight excluding hydrogens is 449 g/mol. The van der Waals surface area contributed by atoms with Crippen LogP contribution < -0.4 is 10.6 Å². The first-order chi connectivity index (χ1) is 14.3. The first kappa shape index (κ1) is 22.6. The van der Waals surface area contributed by atoms with Gasteiger partial charge in [0, 0.05) is 23.7 Å². The Labute approximate surface area is 185 Å². The van der Waals surface area contributed by atoms with E-state index in [2.05, 4.69) is 10.6 Å². The zero-order valence-corrected chi connectivity index (χ0v) is 18.4. The smallest absolute Gasteiger partial charge is 0.251 e. The number of nitrogens with zero attached hydrogens (tertiary/aromatic N) is 1. The average Bonchev–Trinajstić information content (AvgIpc) is 2.75. The van der Waals surface area contributed by atoms with Crippen LogP contribution in [0.3, 0.4) is 0 Å². The fourth-order valence-corrected chi connectivity index (χ4v) is 4.94. The molecule has 0 aromatic heterocycles. The summed E-state index contributed by atoms with van der Waals surface area (Å²) in [5.41, 5.74) is 0.594. The van der Waals surface area contributed by atoms with Crippen LogP contribution in [-0.4, -0.2) is 44.2 Å². The van der Waals surface area contributed by atoms with Crippen LogP contribution in [0.2, 0.25) is 10.0 Å². The molecule has 30 heavy (non-hydrogen) atoms. The van der Waals surface area contributed by atoms with Gasteiger partial charge in [0.2, 0.25) is 15.9 Å². The minimum absolute atomic E-state index is 0.147. The number of anilines is 1. The molecule has 1 heterocycles. The van der Waals surface area contributed by atoms with E-state index in [0.29, 0.717) is 28.8 Å². The Bertz CT molecular complexity index is 1040. The van der Waals surface area contributed by atoms with E-state index in [1.807, 2.05) is 0 Å². The summed E-state index contributed by atoms with van der Waals surface area (Å²) < 4.78 is 26.8. The Kier molecular flexibility index (Phi) is 7.36. The normalized spacial score (nSPS) is 14.9. The van der Waals surface area contributed by atoms with Crippen LogP contribution in [0, 0.1) is 0 Å². The lowest BCUT2D eigenvalue weighted by Crippen LogP contribution is -2.35. The van der Waals surface area contributed by atoms with Gasteiger partial charge in [0.15, 0.2) is 0 Å². The van der Waals surface area contributed by atoms with E-state index in [4.69, 9.17) is 23.2 Å². The third-order valence-electron chi connectivity index (χ3n) is 4.68. The fraction of sp³-hybridized carbons (Fsp3) is 0.300. The highest BCUT2D eigenvalue weighted by molar-refractivity contribution is 7.89. The van der Waals surface area contributed by atoms with Crippen molar-refractivity contribution in [2.75, 3.05) is 25.0 Å². The summed E-state index contributed by atoms with van der Waals surface area (Å²) in [6, 6.07) is 10.3. The maximum Gasteiger partial charge on any atom is 0.251 e. The molecule has 0 saturated carbocycles. The van der Waals surface area contributed by atoms with Crippen molar-refractivity contribution in [3.05, 3.63) is 58.1 Å². The lowest BCUT2D eigenvalue weighted by atomic mass is 10.2. The molecule has 3 rings (SSSR count). The minimum Gasteiger partial charge on any atom is -0.343 e. The number of carbonyl (C=O) groups is 2.